The number of ether oxygens (including phenoxy) is 1. The van der Waals surface area contributed by atoms with Gasteiger partial charge in [-0.3, -0.25) is 0 Å². The van der Waals surface area contributed by atoms with Gasteiger partial charge in [0.15, 0.2) is 0 Å². The van der Waals surface area contributed by atoms with Crippen molar-refractivity contribution in [1.82, 2.24) is 5.32 Å². The zero-order chi connectivity index (χ0) is 14.6. The van der Waals surface area contributed by atoms with Crippen LogP contribution in [0.5, 0.6) is 5.75 Å². The summed E-state index contributed by atoms with van der Waals surface area (Å²) in [6, 6.07) is 7.15. The van der Waals surface area contributed by atoms with Gasteiger partial charge in [-0.05, 0) is 55.3 Å². The third-order valence-electron chi connectivity index (χ3n) is 5.08. The Morgan fingerprint density at radius 3 is 2.45 bits per heavy atom. The molecule has 112 valence electrons. The van der Waals surface area contributed by atoms with Crippen LogP contribution in [-0.2, 0) is 0 Å². The monoisotopic (exact) mass is 275 g/mol. The number of methoxy groups -OCH3 is 1. The molecular formula is C18H29NO. The smallest absolute Gasteiger partial charge is 0.121 e. The van der Waals surface area contributed by atoms with E-state index < -0.39 is 0 Å². The Bertz CT molecular complexity index is 435. The summed E-state index contributed by atoms with van der Waals surface area (Å²) < 4.78 is 5.40. The molecule has 1 unspecified atom stereocenters. The van der Waals surface area contributed by atoms with Crippen LogP contribution in [0.4, 0.5) is 0 Å². The SMILES string of the molecule is CCNC(c1ccc(OC)c(C)c1)C1(CC)CCCC1. The fraction of sp³-hybridized carbons (Fsp3) is 0.667. The van der Waals surface area contributed by atoms with Crippen molar-refractivity contribution >= 4 is 0 Å². The van der Waals surface area contributed by atoms with E-state index in [1.807, 2.05) is 0 Å². The standard InChI is InChI=1S/C18H29NO/c1-5-18(11-7-8-12-18)17(19-6-2)15-9-10-16(20-4)14(3)13-15/h9-10,13,17,19H,5-8,11-12H2,1-4H3. The number of nitrogens with one attached hydrogen (secondary N) is 1. The van der Waals surface area contributed by atoms with Gasteiger partial charge in [0, 0.05) is 6.04 Å². The summed E-state index contributed by atoms with van der Waals surface area (Å²) in [6.07, 6.45) is 6.73. The molecular weight excluding hydrogens is 246 g/mol. The molecule has 1 atom stereocenters. The molecule has 1 aromatic carbocycles. The number of aryl methyl sites for hydroxylation is 1. The molecule has 0 spiro atoms. The third-order valence-corrected chi connectivity index (χ3v) is 5.08. The molecule has 1 aromatic rings. The number of hydrogen-bond donors (Lipinski definition) is 1. The molecule has 0 aliphatic heterocycles. The normalized spacial score (nSPS) is 19.0. The summed E-state index contributed by atoms with van der Waals surface area (Å²) >= 11 is 0. The first kappa shape index (κ1) is 15.4. The number of hydrogen-bond acceptors (Lipinski definition) is 2. The highest BCUT2D eigenvalue weighted by Crippen LogP contribution is 2.50. The molecule has 2 rings (SSSR count). The molecule has 1 saturated carbocycles. The van der Waals surface area contributed by atoms with Crippen LogP contribution in [0.1, 0.15) is 63.1 Å². The number of rotatable bonds is 6. The summed E-state index contributed by atoms with van der Waals surface area (Å²) in [4.78, 5) is 0. The van der Waals surface area contributed by atoms with E-state index in [0.717, 1.165) is 12.3 Å². The summed E-state index contributed by atoms with van der Waals surface area (Å²) in [5.74, 6) is 0.987. The van der Waals surface area contributed by atoms with Crippen molar-refractivity contribution < 1.29 is 4.74 Å². The van der Waals surface area contributed by atoms with Crippen LogP contribution in [0.15, 0.2) is 18.2 Å². The van der Waals surface area contributed by atoms with Gasteiger partial charge in [0.2, 0.25) is 0 Å². The largest absolute Gasteiger partial charge is 0.496 e. The van der Waals surface area contributed by atoms with Gasteiger partial charge in [-0.2, -0.15) is 0 Å². The second-order valence-corrected chi connectivity index (χ2v) is 6.14. The average molecular weight is 275 g/mol. The zero-order valence-electron chi connectivity index (χ0n) is 13.5. The van der Waals surface area contributed by atoms with Crippen LogP contribution in [-0.4, -0.2) is 13.7 Å². The van der Waals surface area contributed by atoms with Crippen molar-refractivity contribution in [3.05, 3.63) is 29.3 Å². The molecule has 2 heteroatoms. The predicted molar refractivity (Wildman–Crippen MR) is 85.3 cm³/mol. The van der Waals surface area contributed by atoms with E-state index in [-0.39, 0.29) is 0 Å². The van der Waals surface area contributed by atoms with Gasteiger partial charge < -0.3 is 10.1 Å². The first-order chi connectivity index (χ1) is 9.66. The fourth-order valence-corrected chi connectivity index (χ4v) is 3.90. The predicted octanol–water partition coefficient (Wildman–Crippen LogP) is 4.62. The Morgan fingerprint density at radius 2 is 1.95 bits per heavy atom. The average Bonchev–Trinajstić information content (AvgIpc) is 2.94. The summed E-state index contributed by atoms with van der Waals surface area (Å²) in [6.45, 7) is 7.73. The lowest BCUT2D eigenvalue weighted by molar-refractivity contribution is 0.189. The minimum Gasteiger partial charge on any atom is -0.496 e. The Labute approximate surface area is 123 Å². The molecule has 1 aliphatic carbocycles. The molecule has 0 heterocycles. The van der Waals surface area contributed by atoms with Crippen molar-refractivity contribution in [2.45, 2.75) is 58.9 Å². The van der Waals surface area contributed by atoms with Crippen LogP contribution in [0.2, 0.25) is 0 Å². The second kappa shape index (κ2) is 6.62. The second-order valence-electron chi connectivity index (χ2n) is 6.14. The summed E-state index contributed by atoms with van der Waals surface area (Å²) in [5.41, 5.74) is 3.10. The van der Waals surface area contributed by atoms with E-state index >= 15 is 0 Å². The molecule has 1 N–H and O–H groups in total. The van der Waals surface area contributed by atoms with Crippen molar-refractivity contribution in [1.29, 1.82) is 0 Å². The molecule has 20 heavy (non-hydrogen) atoms. The summed E-state index contributed by atoms with van der Waals surface area (Å²) in [7, 11) is 1.74. The Hall–Kier alpha value is -1.02. The molecule has 0 radical (unpaired) electrons. The van der Waals surface area contributed by atoms with Crippen LogP contribution in [0, 0.1) is 12.3 Å². The van der Waals surface area contributed by atoms with E-state index in [9.17, 15) is 0 Å². The first-order valence-corrected chi connectivity index (χ1v) is 8.04. The Balaban J connectivity index is 2.35. The molecule has 1 aliphatic rings. The minimum absolute atomic E-state index is 0.442. The van der Waals surface area contributed by atoms with Gasteiger partial charge >= 0.3 is 0 Å². The van der Waals surface area contributed by atoms with Gasteiger partial charge in [0.05, 0.1) is 7.11 Å². The highest BCUT2D eigenvalue weighted by Gasteiger charge is 2.40. The van der Waals surface area contributed by atoms with E-state index in [2.05, 4.69) is 44.3 Å². The molecule has 2 nitrogen and oxygen atoms in total. The first-order valence-electron chi connectivity index (χ1n) is 8.04. The molecule has 0 amide bonds. The minimum atomic E-state index is 0.442. The van der Waals surface area contributed by atoms with Gasteiger partial charge in [0.25, 0.3) is 0 Å². The van der Waals surface area contributed by atoms with Crippen LogP contribution < -0.4 is 10.1 Å². The van der Waals surface area contributed by atoms with E-state index in [4.69, 9.17) is 4.74 Å². The van der Waals surface area contributed by atoms with Crippen molar-refractivity contribution in [3.63, 3.8) is 0 Å². The molecule has 0 bridgehead atoms. The van der Waals surface area contributed by atoms with Crippen LogP contribution >= 0.6 is 0 Å². The Kier molecular flexibility index (Phi) is 5.09. The van der Waals surface area contributed by atoms with E-state index in [1.54, 1.807) is 7.11 Å². The van der Waals surface area contributed by atoms with Gasteiger partial charge in [-0.15, -0.1) is 0 Å². The molecule has 0 aromatic heterocycles. The molecule has 1 fully saturated rings. The van der Waals surface area contributed by atoms with Crippen molar-refractivity contribution in [3.8, 4) is 5.75 Å². The topological polar surface area (TPSA) is 21.3 Å². The third kappa shape index (κ3) is 2.85. The number of benzene rings is 1. The van der Waals surface area contributed by atoms with Crippen LogP contribution in [0.3, 0.4) is 0 Å². The fourth-order valence-electron chi connectivity index (χ4n) is 3.90. The maximum absolute atomic E-state index is 5.40. The highest BCUT2D eigenvalue weighted by atomic mass is 16.5. The maximum atomic E-state index is 5.40. The maximum Gasteiger partial charge on any atom is 0.121 e. The lowest BCUT2D eigenvalue weighted by Gasteiger charge is -2.38. The molecule has 0 saturated heterocycles. The lowest BCUT2D eigenvalue weighted by atomic mass is 9.73. The summed E-state index contributed by atoms with van der Waals surface area (Å²) in [5, 5.41) is 3.76. The van der Waals surface area contributed by atoms with Crippen molar-refractivity contribution in [2.24, 2.45) is 5.41 Å². The van der Waals surface area contributed by atoms with E-state index in [1.165, 1.54) is 43.2 Å². The van der Waals surface area contributed by atoms with Gasteiger partial charge in [0.1, 0.15) is 5.75 Å². The van der Waals surface area contributed by atoms with E-state index in [0.29, 0.717) is 11.5 Å². The lowest BCUT2D eigenvalue weighted by Crippen LogP contribution is -2.36. The van der Waals surface area contributed by atoms with Gasteiger partial charge in [-0.1, -0.05) is 38.8 Å². The van der Waals surface area contributed by atoms with Crippen molar-refractivity contribution in [2.75, 3.05) is 13.7 Å². The Morgan fingerprint density at radius 1 is 1.25 bits per heavy atom. The zero-order valence-corrected chi connectivity index (χ0v) is 13.5. The quantitative estimate of drug-likeness (QED) is 0.817. The van der Waals surface area contributed by atoms with Gasteiger partial charge in [-0.25, -0.2) is 0 Å². The van der Waals surface area contributed by atoms with Crippen LogP contribution in [0.25, 0.3) is 0 Å². The highest BCUT2D eigenvalue weighted by molar-refractivity contribution is 5.38.